The molecule has 2 heteroatoms. The standard InChI is InChI=1S/C18H24O2/c1-18(2,3)12-11-15(19)17-14-8-6-5-7-13(14)9-10-16(17)20-4/h5-10,15,19H,11-12H2,1-4H3. The van der Waals surface area contributed by atoms with Crippen LogP contribution < -0.4 is 4.74 Å². The highest BCUT2D eigenvalue weighted by Crippen LogP contribution is 2.36. The lowest BCUT2D eigenvalue weighted by Crippen LogP contribution is -2.09. The van der Waals surface area contributed by atoms with Gasteiger partial charge in [-0.25, -0.2) is 0 Å². The summed E-state index contributed by atoms with van der Waals surface area (Å²) >= 11 is 0. The van der Waals surface area contributed by atoms with E-state index in [9.17, 15) is 5.11 Å². The lowest BCUT2D eigenvalue weighted by Gasteiger charge is -2.22. The molecular weight excluding hydrogens is 248 g/mol. The second-order valence-electron chi connectivity index (χ2n) is 6.52. The van der Waals surface area contributed by atoms with Crippen LogP contribution >= 0.6 is 0 Å². The molecule has 1 atom stereocenters. The number of ether oxygens (including phenoxy) is 1. The smallest absolute Gasteiger partial charge is 0.125 e. The lowest BCUT2D eigenvalue weighted by atomic mass is 9.87. The number of hydrogen-bond acceptors (Lipinski definition) is 2. The number of aliphatic hydroxyl groups is 1. The minimum Gasteiger partial charge on any atom is -0.496 e. The van der Waals surface area contributed by atoms with Gasteiger partial charge in [0.2, 0.25) is 0 Å². The summed E-state index contributed by atoms with van der Waals surface area (Å²) in [5, 5.41) is 12.8. The Bertz CT molecular complexity index is 581. The number of benzene rings is 2. The van der Waals surface area contributed by atoms with Crippen molar-refractivity contribution in [3.8, 4) is 5.75 Å². The molecule has 0 saturated heterocycles. The fraction of sp³-hybridized carbons (Fsp3) is 0.444. The average molecular weight is 272 g/mol. The van der Waals surface area contributed by atoms with Crippen molar-refractivity contribution < 1.29 is 9.84 Å². The van der Waals surface area contributed by atoms with Gasteiger partial charge in [0.1, 0.15) is 5.75 Å². The Hall–Kier alpha value is -1.54. The van der Waals surface area contributed by atoms with Crippen LogP contribution in [0.25, 0.3) is 10.8 Å². The van der Waals surface area contributed by atoms with Crippen molar-refractivity contribution in [2.24, 2.45) is 5.41 Å². The van der Waals surface area contributed by atoms with Crippen LogP contribution in [0.1, 0.15) is 45.3 Å². The SMILES string of the molecule is COc1ccc2ccccc2c1C(O)CCC(C)(C)C. The first-order valence-corrected chi connectivity index (χ1v) is 7.16. The van der Waals surface area contributed by atoms with Gasteiger partial charge in [-0.05, 0) is 35.1 Å². The highest BCUT2D eigenvalue weighted by molar-refractivity contribution is 5.88. The Labute approximate surface area is 121 Å². The maximum absolute atomic E-state index is 10.6. The molecule has 0 saturated carbocycles. The summed E-state index contributed by atoms with van der Waals surface area (Å²) in [4.78, 5) is 0. The molecule has 0 amide bonds. The zero-order valence-corrected chi connectivity index (χ0v) is 12.8. The van der Waals surface area contributed by atoms with Crippen LogP contribution in [0.3, 0.4) is 0 Å². The largest absolute Gasteiger partial charge is 0.496 e. The van der Waals surface area contributed by atoms with Crippen molar-refractivity contribution in [3.63, 3.8) is 0 Å². The van der Waals surface area contributed by atoms with Crippen molar-refractivity contribution in [3.05, 3.63) is 42.0 Å². The second-order valence-corrected chi connectivity index (χ2v) is 6.52. The van der Waals surface area contributed by atoms with E-state index in [0.717, 1.165) is 34.9 Å². The molecule has 2 aromatic rings. The fourth-order valence-corrected chi connectivity index (χ4v) is 2.51. The van der Waals surface area contributed by atoms with Gasteiger partial charge >= 0.3 is 0 Å². The van der Waals surface area contributed by atoms with Crippen LogP contribution in [0.2, 0.25) is 0 Å². The second kappa shape index (κ2) is 5.84. The van der Waals surface area contributed by atoms with Crippen LogP contribution in [-0.4, -0.2) is 12.2 Å². The molecule has 0 heterocycles. The highest BCUT2D eigenvalue weighted by Gasteiger charge is 2.19. The lowest BCUT2D eigenvalue weighted by molar-refractivity contribution is 0.145. The molecule has 0 fully saturated rings. The highest BCUT2D eigenvalue weighted by atomic mass is 16.5. The third-order valence-corrected chi connectivity index (χ3v) is 3.65. The minimum absolute atomic E-state index is 0.221. The Morgan fingerprint density at radius 2 is 1.80 bits per heavy atom. The first-order chi connectivity index (χ1) is 9.42. The van der Waals surface area contributed by atoms with E-state index < -0.39 is 6.10 Å². The van der Waals surface area contributed by atoms with E-state index in [1.54, 1.807) is 7.11 Å². The Morgan fingerprint density at radius 1 is 1.10 bits per heavy atom. The van der Waals surface area contributed by atoms with Gasteiger partial charge in [-0.15, -0.1) is 0 Å². The molecule has 0 aliphatic rings. The summed E-state index contributed by atoms with van der Waals surface area (Å²) in [5.74, 6) is 0.769. The molecule has 2 nitrogen and oxygen atoms in total. The Balaban J connectivity index is 2.40. The van der Waals surface area contributed by atoms with E-state index in [-0.39, 0.29) is 5.41 Å². The van der Waals surface area contributed by atoms with Crippen LogP contribution in [0.4, 0.5) is 0 Å². The molecule has 0 bridgehead atoms. The first kappa shape index (κ1) is 14.9. The van der Waals surface area contributed by atoms with E-state index in [2.05, 4.69) is 26.8 Å². The van der Waals surface area contributed by atoms with Gasteiger partial charge in [-0.1, -0.05) is 51.1 Å². The monoisotopic (exact) mass is 272 g/mol. The summed E-state index contributed by atoms with van der Waals surface area (Å²) in [5.41, 5.74) is 1.13. The average Bonchev–Trinajstić information content (AvgIpc) is 2.42. The van der Waals surface area contributed by atoms with Crippen molar-refractivity contribution in [2.45, 2.75) is 39.7 Å². The maximum Gasteiger partial charge on any atom is 0.125 e. The van der Waals surface area contributed by atoms with Crippen molar-refractivity contribution in [1.29, 1.82) is 0 Å². The normalized spacial score (nSPS) is 13.4. The summed E-state index contributed by atoms with van der Waals surface area (Å²) in [7, 11) is 1.66. The number of methoxy groups -OCH3 is 1. The third kappa shape index (κ3) is 3.31. The van der Waals surface area contributed by atoms with Crippen molar-refractivity contribution >= 4 is 10.8 Å². The van der Waals surface area contributed by atoms with Gasteiger partial charge < -0.3 is 9.84 Å². The molecule has 2 rings (SSSR count). The molecule has 1 N–H and O–H groups in total. The van der Waals surface area contributed by atoms with E-state index in [4.69, 9.17) is 4.74 Å². The molecule has 0 spiro atoms. The summed E-state index contributed by atoms with van der Waals surface area (Å²) < 4.78 is 5.45. The van der Waals surface area contributed by atoms with Crippen LogP contribution in [0.15, 0.2) is 36.4 Å². The predicted octanol–water partition coefficient (Wildman–Crippen LogP) is 4.71. The van der Waals surface area contributed by atoms with Gasteiger partial charge in [0.15, 0.2) is 0 Å². The molecular formula is C18H24O2. The summed E-state index contributed by atoms with van der Waals surface area (Å²) in [6.07, 6.45) is 1.23. The fourth-order valence-electron chi connectivity index (χ4n) is 2.51. The minimum atomic E-state index is -0.490. The van der Waals surface area contributed by atoms with Gasteiger partial charge in [0.05, 0.1) is 13.2 Å². The first-order valence-electron chi connectivity index (χ1n) is 7.16. The molecule has 1 unspecified atom stereocenters. The summed E-state index contributed by atoms with van der Waals surface area (Å²) in [6, 6.07) is 12.1. The van der Waals surface area contributed by atoms with Gasteiger partial charge in [-0.3, -0.25) is 0 Å². The Kier molecular flexibility index (Phi) is 4.34. The zero-order chi connectivity index (χ0) is 14.8. The van der Waals surface area contributed by atoms with Crippen LogP contribution in [-0.2, 0) is 0 Å². The van der Waals surface area contributed by atoms with Crippen LogP contribution in [0, 0.1) is 5.41 Å². The number of aliphatic hydroxyl groups excluding tert-OH is 1. The summed E-state index contributed by atoms with van der Waals surface area (Å²) in [6.45, 7) is 6.58. The van der Waals surface area contributed by atoms with Crippen molar-refractivity contribution in [2.75, 3.05) is 7.11 Å². The maximum atomic E-state index is 10.6. The molecule has 108 valence electrons. The zero-order valence-electron chi connectivity index (χ0n) is 12.8. The molecule has 20 heavy (non-hydrogen) atoms. The topological polar surface area (TPSA) is 29.5 Å². The van der Waals surface area contributed by atoms with Gasteiger partial charge in [0, 0.05) is 5.56 Å². The Morgan fingerprint density at radius 3 is 2.45 bits per heavy atom. The van der Waals surface area contributed by atoms with Crippen molar-refractivity contribution in [1.82, 2.24) is 0 Å². The number of hydrogen-bond donors (Lipinski definition) is 1. The number of rotatable bonds is 4. The van der Waals surface area contributed by atoms with E-state index >= 15 is 0 Å². The molecule has 0 aliphatic heterocycles. The van der Waals surface area contributed by atoms with E-state index in [0.29, 0.717) is 0 Å². The molecule has 0 aliphatic carbocycles. The quantitative estimate of drug-likeness (QED) is 0.873. The molecule has 0 radical (unpaired) electrons. The molecule has 2 aromatic carbocycles. The third-order valence-electron chi connectivity index (χ3n) is 3.65. The predicted molar refractivity (Wildman–Crippen MR) is 84.1 cm³/mol. The molecule has 0 aromatic heterocycles. The van der Waals surface area contributed by atoms with E-state index in [1.165, 1.54) is 0 Å². The van der Waals surface area contributed by atoms with E-state index in [1.807, 2.05) is 30.3 Å². The van der Waals surface area contributed by atoms with Gasteiger partial charge in [0.25, 0.3) is 0 Å². The van der Waals surface area contributed by atoms with Gasteiger partial charge in [-0.2, -0.15) is 0 Å². The van der Waals surface area contributed by atoms with Crippen LogP contribution in [0.5, 0.6) is 5.75 Å². The number of fused-ring (bicyclic) bond motifs is 1.